The van der Waals surface area contributed by atoms with Crippen molar-refractivity contribution in [3.8, 4) is 0 Å². The standard InChI is InChI=1S/C17H15S2.BF4/c1-14-12-17(18-13-14)19(15-8-4-2-5-9-15)16-10-6-3-7-11-16;2-1(3,4)5/h2-13H,1H3;/q+1;-1. The molecular weight excluding hydrogens is 355 g/mol. The van der Waals surface area contributed by atoms with E-state index in [9.17, 15) is 17.3 Å². The number of halogens is 4. The van der Waals surface area contributed by atoms with Gasteiger partial charge in [0.15, 0.2) is 9.79 Å². The highest BCUT2D eigenvalue weighted by Crippen LogP contribution is 2.34. The van der Waals surface area contributed by atoms with Crippen LogP contribution < -0.4 is 0 Å². The Hall–Kier alpha value is -1.73. The predicted molar refractivity (Wildman–Crippen MR) is 94.3 cm³/mol. The summed E-state index contributed by atoms with van der Waals surface area (Å²) >= 11 is 1.86. The number of aryl methyl sites for hydroxylation is 1. The molecule has 0 N–H and O–H groups in total. The Morgan fingerprint density at radius 2 is 1.21 bits per heavy atom. The van der Waals surface area contributed by atoms with Crippen molar-refractivity contribution < 1.29 is 17.3 Å². The molecule has 0 aliphatic heterocycles. The normalized spacial score (nSPS) is 11.1. The van der Waals surface area contributed by atoms with Crippen LogP contribution in [0.15, 0.2) is 86.1 Å². The summed E-state index contributed by atoms with van der Waals surface area (Å²) in [6.07, 6.45) is 0. The highest BCUT2D eigenvalue weighted by molar-refractivity contribution is 7.98. The average Bonchev–Trinajstić information content (AvgIpc) is 2.94. The molecule has 1 heterocycles. The SMILES string of the molecule is Cc1csc([S+](c2ccccc2)c2ccccc2)c1.F[B-](F)(F)F. The number of hydrogen-bond acceptors (Lipinski definition) is 1. The first-order chi connectivity index (χ1) is 11.3. The van der Waals surface area contributed by atoms with Gasteiger partial charge in [0, 0.05) is 6.07 Å². The summed E-state index contributed by atoms with van der Waals surface area (Å²) in [5.41, 5.74) is 1.35. The molecule has 0 atom stereocenters. The van der Waals surface area contributed by atoms with Gasteiger partial charge in [-0.2, -0.15) is 0 Å². The Morgan fingerprint density at radius 3 is 1.54 bits per heavy atom. The Morgan fingerprint density at radius 1 is 0.792 bits per heavy atom. The largest absolute Gasteiger partial charge is 0.673 e. The van der Waals surface area contributed by atoms with Crippen LogP contribution in [-0.2, 0) is 10.9 Å². The van der Waals surface area contributed by atoms with E-state index < -0.39 is 7.25 Å². The fourth-order valence-corrected chi connectivity index (χ4v) is 5.62. The molecule has 126 valence electrons. The van der Waals surface area contributed by atoms with Crippen LogP contribution >= 0.6 is 11.3 Å². The molecule has 0 unspecified atom stereocenters. The Labute approximate surface area is 145 Å². The fraction of sp³-hybridized carbons (Fsp3) is 0.0588. The molecule has 7 heteroatoms. The van der Waals surface area contributed by atoms with Crippen molar-refractivity contribution in [3.63, 3.8) is 0 Å². The third kappa shape index (κ3) is 6.05. The van der Waals surface area contributed by atoms with Gasteiger partial charge in [-0.15, -0.1) is 0 Å². The smallest absolute Gasteiger partial charge is 0.418 e. The third-order valence-electron chi connectivity index (χ3n) is 2.87. The van der Waals surface area contributed by atoms with Crippen molar-refractivity contribution in [2.24, 2.45) is 0 Å². The third-order valence-corrected chi connectivity index (χ3v) is 6.50. The molecule has 0 saturated carbocycles. The summed E-state index contributed by atoms with van der Waals surface area (Å²) in [7, 11) is -5.98. The van der Waals surface area contributed by atoms with E-state index in [2.05, 4.69) is 79.0 Å². The highest BCUT2D eigenvalue weighted by atomic mass is 32.2. The molecule has 2 aromatic carbocycles. The van der Waals surface area contributed by atoms with Crippen LogP contribution in [0.3, 0.4) is 0 Å². The van der Waals surface area contributed by atoms with Gasteiger partial charge in [-0.25, -0.2) is 0 Å². The number of hydrogen-bond donors (Lipinski definition) is 0. The van der Waals surface area contributed by atoms with Crippen molar-refractivity contribution >= 4 is 29.5 Å². The van der Waals surface area contributed by atoms with Crippen LogP contribution in [0.25, 0.3) is 0 Å². The first kappa shape index (κ1) is 18.6. The molecule has 1 aromatic heterocycles. The summed E-state index contributed by atoms with van der Waals surface area (Å²) in [6, 6.07) is 23.9. The summed E-state index contributed by atoms with van der Waals surface area (Å²) in [6.45, 7) is 2.16. The molecular formula is C17H15BF4S2. The van der Waals surface area contributed by atoms with E-state index in [1.54, 1.807) is 0 Å². The molecule has 0 radical (unpaired) electrons. The second-order valence-corrected chi connectivity index (χ2v) is 8.03. The van der Waals surface area contributed by atoms with Crippen LogP contribution in [0.4, 0.5) is 17.3 Å². The average molecular weight is 370 g/mol. The van der Waals surface area contributed by atoms with Crippen molar-refractivity contribution in [2.45, 2.75) is 20.9 Å². The van der Waals surface area contributed by atoms with Gasteiger partial charge in [0.1, 0.15) is 10.9 Å². The molecule has 0 aliphatic carbocycles. The van der Waals surface area contributed by atoms with E-state index in [1.165, 1.54) is 19.6 Å². The molecule has 0 amide bonds. The zero-order valence-electron chi connectivity index (χ0n) is 12.8. The first-order valence-electron chi connectivity index (χ1n) is 7.11. The number of benzene rings is 2. The van der Waals surface area contributed by atoms with Crippen molar-refractivity contribution in [2.75, 3.05) is 0 Å². The van der Waals surface area contributed by atoms with Gasteiger partial charge in [-0.1, -0.05) is 47.7 Å². The summed E-state index contributed by atoms with van der Waals surface area (Å²) < 4.78 is 40.4. The Bertz CT molecular complexity index is 697. The Kier molecular flexibility index (Phi) is 6.51. The van der Waals surface area contributed by atoms with E-state index >= 15 is 0 Å². The van der Waals surface area contributed by atoms with E-state index in [1.807, 2.05) is 11.3 Å². The van der Waals surface area contributed by atoms with Gasteiger partial charge in [0.05, 0.1) is 0 Å². The summed E-state index contributed by atoms with van der Waals surface area (Å²) in [5.74, 6) is 0. The molecule has 0 aliphatic rings. The van der Waals surface area contributed by atoms with Gasteiger partial charge >= 0.3 is 7.25 Å². The molecule has 0 saturated heterocycles. The fourth-order valence-electron chi connectivity index (χ4n) is 1.99. The minimum absolute atomic E-state index is 0.0247. The van der Waals surface area contributed by atoms with E-state index in [0.717, 1.165) is 0 Å². The molecule has 0 fully saturated rings. The molecule has 0 nitrogen and oxygen atoms in total. The highest BCUT2D eigenvalue weighted by Gasteiger charge is 2.29. The quantitative estimate of drug-likeness (QED) is 0.282. The van der Waals surface area contributed by atoms with E-state index in [4.69, 9.17) is 0 Å². The lowest BCUT2D eigenvalue weighted by atomic mass is 10.3. The maximum Gasteiger partial charge on any atom is 0.673 e. The maximum atomic E-state index is 9.75. The molecule has 24 heavy (non-hydrogen) atoms. The zero-order valence-corrected chi connectivity index (χ0v) is 14.5. The van der Waals surface area contributed by atoms with Crippen LogP contribution in [-0.4, -0.2) is 7.25 Å². The van der Waals surface area contributed by atoms with E-state index in [0.29, 0.717) is 0 Å². The minimum atomic E-state index is -6.00. The van der Waals surface area contributed by atoms with E-state index in [-0.39, 0.29) is 10.9 Å². The Balaban J connectivity index is 0.000000368. The predicted octanol–water partition coefficient (Wildman–Crippen LogP) is 6.45. The van der Waals surface area contributed by atoms with Crippen LogP contribution in [0.1, 0.15) is 5.56 Å². The molecule has 0 bridgehead atoms. The minimum Gasteiger partial charge on any atom is -0.418 e. The van der Waals surface area contributed by atoms with Gasteiger partial charge in [-0.3, -0.25) is 0 Å². The van der Waals surface area contributed by atoms with Crippen LogP contribution in [0.5, 0.6) is 0 Å². The molecule has 3 rings (SSSR count). The summed E-state index contributed by atoms with van der Waals surface area (Å²) in [4.78, 5) is 2.77. The van der Waals surface area contributed by atoms with Gasteiger partial charge in [0.25, 0.3) is 0 Å². The van der Waals surface area contributed by atoms with Crippen LogP contribution in [0, 0.1) is 6.92 Å². The van der Waals surface area contributed by atoms with Gasteiger partial charge in [-0.05, 0) is 42.1 Å². The lowest BCUT2D eigenvalue weighted by Gasteiger charge is -2.04. The van der Waals surface area contributed by atoms with Crippen molar-refractivity contribution in [3.05, 3.63) is 77.7 Å². The van der Waals surface area contributed by atoms with Crippen molar-refractivity contribution in [1.82, 2.24) is 0 Å². The second-order valence-electron chi connectivity index (χ2n) is 4.87. The topological polar surface area (TPSA) is 0 Å². The zero-order chi connectivity index (χ0) is 17.6. The maximum absolute atomic E-state index is 9.75. The van der Waals surface area contributed by atoms with Gasteiger partial charge < -0.3 is 17.3 Å². The summed E-state index contributed by atoms with van der Waals surface area (Å²) in [5, 5.41) is 2.24. The van der Waals surface area contributed by atoms with Gasteiger partial charge in [0.2, 0.25) is 4.21 Å². The number of rotatable bonds is 3. The lowest BCUT2D eigenvalue weighted by molar-refractivity contribution is 0.368. The second kappa shape index (κ2) is 8.40. The monoisotopic (exact) mass is 370 g/mol. The van der Waals surface area contributed by atoms with Crippen LogP contribution in [0.2, 0.25) is 0 Å². The molecule has 3 aromatic rings. The molecule has 0 spiro atoms. The lowest BCUT2D eigenvalue weighted by Crippen LogP contribution is -2.02. The van der Waals surface area contributed by atoms with Crippen molar-refractivity contribution in [1.29, 1.82) is 0 Å². The first-order valence-corrected chi connectivity index (χ1v) is 9.22. The number of thiophene rings is 1.